The zero-order chi connectivity index (χ0) is 11.0. The second-order valence-corrected chi connectivity index (χ2v) is 3.52. The van der Waals surface area contributed by atoms with Crippen molar-refractivity contribution >= 4 is 5.97 Å². The molecule has 0 rings (SSSR count). The van der Waals surface area contributed by atoms with Crippen LogP contribution in [0.5, 0.6) is 0 Å². The molecule has 0 saturated heterocycles. The van der Waals surface area contributed by atoms with Gasteiger partial charge in [-0.15, -0.1) is 0 Å². The van der Waals surface area contributed by atoms with E-state index in [0.29, 0.717) is 6.61 Å². The molecule has 4 nitrogen and oxygen atoms in total. The molecule has 1 unspecified atom stereocenters. The van der Waals surface area contributed by atoms with Crippen molar-refractivity contribution in [1.82, 2.24) is 0 Å². The Labute approximate surface area is 85.2 Å². The van der Waals surface area contributed by atoms with Gasteiger partial charge in [0, 0.05) is 13.7 Å². The second-order valence-electron chi connectivity index (χ2n) is 3.52. The lowest BCUT2D eigenvalue weighted by atomic mass is 10.1. The maximum atomic E-state index is 10.9. The van der Waals surface area contributed by atoms with E-state index in [1.54, 1.807) is 0 Å². The molecule has 0 spiro atoms. The molecule has 0 aromatic rings. The summed E-state index contributed by atoms with van der Waals surface area (Å²) in [5.74, 6) is -0.976. The molecule has 4 heteroatoms. The Morgan fingerprint density at radius 1 is 1.43 bits per heavy atom. The highest BCUT2D eigenvalue weighted by atomic mass is 16.6. The van der Waals surface area contributed by atoms with Crippen LogP contribution in [0.15, 0.2) is 0 Å². The second kappa shape index (κ2) is 6.79. The fraction of sp³-hybridized carbons (Fsp3) is 0.900. The average Bonchev–Trinajstić information content (AvgIpc) is 2.13. The zero-order valence-corrected chi connectivity index (χ0v) is 9.21. The van der Waals surface area contributed by atoms with Gasteiger partial charge in [-0.05, 0) is 13.3 Å². The van der Waals surface area contributed by atoms with Crippen LogP contribution in [0.1, 0.15) is 33.1 Å². The smallest absolute Gasteiger partial charge is 0.338 e. The highest BCUT2D eigenvalue weighted by molar-refractivity contribution is 5.77. The molecule has 0 aromatic carbocycles. The molecule has 0 aliphatic heterocycles. The third kappa shape index (κ3) is 4.58. The predicted octanol–water partition coefficient (Wildman–Crippen LogP) is 1.68. The first kappa shape index (κ1) is 13.4. The number of aliphatic carboxylic acids is 1. The molecule has 0 radical (unpaired) electrons. The lowest BCUT2D eigenvalue weighted by Gasteiger charge is -2.24. The van der Waals surface area contributed by atoms with E-state index in [1.165, 1.54) is 14.0 Å². The van der Waals surface area contributed by atoms with Crippen LogP contribution in [-0.2, 0) is 14.3 Å². The number of carboxylic acid groups (broad SMARTS) is 1. The Morgan fingerprint density at radius 3 is 2.50 bits per heavy atom. The van der Waals surface area contributed by atoms with Gasteiger partial charge in [-0.3, -0.25) is 0 Å². The molecule has 84 valence electrons. The van der Waals surface area contributed by atoms with Gasteiger partial charge >= 0.3 is 5.97 Å². The number of carbonyl (C=O) groups is 1. The number of hydrogen-bond donors (Lipinski definition) is 1. The van der Waals surface area contributed by atoms with Gasteiger partial charge in [-0.25, -0.2) is 4.79 Å². The van der Waals surface area contributed by atoms with Gasteiger partial charge in [-0.2, -0.15) is 0 Å². The third-order valence-corrected chi connectivity index (χ3v) is 2.04. The van der Waals surface area contributed by atoms with Crippen molar-refractivity contribution in [2.45, 2.75) is 38.7 Å². The van der Waals surface area contributed by atoms with E-state index in [2.05, 4.69) is 6.92 Å². The summed E-state index contributed by atoms with van der Waals surface area (Å²) in [6.45, 7) is 4.17. The maximum absolute atomic E-state index is 10.9. The van der Waals surface area contributed by atoms with Crippen molar-refractivity contribution in [3.63, 3.8) is 0 Å². The molecular weight excluding hydrogens is 184 g/mol. The first-order chi connectivity index (χ1) is 6.56. The molecule has 1 atom stereocenters. The fourth-order valence-corrected chi connectivity index (χ4v) is 1.09. The van der Waals surface area contributed by atoms with Crippen LogP contribution in [0.3, 0.4) is 0 Å². The molecule has 1 N–H and O–H groups in total. The molecule has 0 heterocycles. The lowest BCUT2D eigenvalue weighted by molar-refractivity contribution is -0.170. The zero-order valence-electron chi connectivity index (χ0n) is 9.21. The molecule has 0 bridgehead atoms. The topological polar surface area (TPSA) is 55.8 Å². The monoisotopic (exact) mass is 204 g/mol. The van der Waals surface area contributed by atoms with Crippen molar-refractivity contribution in [2.24, 2.45) is 0 Å². The number of hydrogen-bond acceptors (Lipinski definition) is 3. The van der Waals surface area contributed by atoms with Crippen LogP contribution in [0, 0.1) is 0 Å². The Hall–Kier alpha value is -0.610. The van der Waals surface area contributed by atoms with Crippen LogP contribution in [0.4, 0.5) is 0 Å². The van der Waals surface area contributed by atoms with Crippen LogP contribution >= 0.6 is 0 Å². The predicted molar refractivity (Wildman–Crippen MR) is 53.4 cm³/mol. The number of ether oxygens (including phenoxy) is 2. The van der Waals surface area contributed by atoms with Gasteiger partial charge < -0.3 is 14.6 Å². The number of unbranched alkanes of at least 4 members (excludes halogenated alkanes) is 2. The summed E-state index contributed by atoms with van der Waals surface area (Å²) in [6, 6.07) is 0. The lowest BCUT2D eigenvalue weighted by Crippen LogP contribution is -2.43. The summed E-state index contributed by atoms with van der Waals surface area (Å²) < 4.78 is 10.1. The first-order valence-electron chi connectivity index (χ1n) is 4.93. The summed E-state index contributed by atoms with van der Waals surface area (Å²) in [6.07, 6.45) is 3.04. The van der Waals surface area contributed by atoms with Gasteiger partial charge in [0.2, 0.25) is 0 Å². The Morgan fingerprint density at radius 2 is 2.07 bits per heavy atom. The molecule has 0 fully saturated rings. The van der Waals surface area contributed by atoms with Gasteiger partial charge in [0.05, 0.1) is 6.61 Å². The minimum Gasteiger partial charge on any atom is -0.479 e. The van der Waals surface area contributed by atoms with Gasteiger partial charge in [-0.1, -0.05) is 19.8 Å². The van der Waals surface area contributed by atoms with Crippen molar-refractivity contribution in [2.75, 3.05) is 20.3 Å². The quantitative estimate of drug-likeness (QED) is 0.611. The minimum absolute atomic E-state index is 0.0778. The third-order valence-electron chi connectivity index (χ3n) is 2.04. The molecule has 0 amide bonds. The van der Waals surface area contributed by atoms with E-state index in [0.717, 1.165) is 19.3 Å². The van der Waals surface area contributed by atoms with E-state index >= 15 is 0 Å². The SMILES string of the molecule is CCCCCOC(C)(COC)C(=O)O. The van der Waals surface area contributed by atoms with E-state index in [9.17, 15) is 4.79 Å². The van der Waals surface area contributed by atoms with Crippen LogP contribution in [0.2, 0.25) is 0 Å². The molecular formula is C10H20O4. The Kier molecular flexibility index (Phi) is 6.49. The number of methoxy groups -OCH3 is 1. The van der Waals surface area contributed by atoms with Crippen LogP contribution in [-0.4, -0.2) is 37.0 Å². The molecule has 0 aromatic heterocycles. The van der Waals surface area contributed by atoms with Crippen molar-refractivity contribution in [1.29, 1.82) is 0 Å². The first-order valence-corrected chi connectivity index (χ1v) is 4.93. The standard InChI is InChI=1S/C10H20O4/c1-4-5-6-7-14-10(2,8-13-3)9(11)12/h4-8H2,1-3H3,(H,11,12). The molecule has 0 aliphatic carbocycles. The van der Waals surface area contributed by atoms with Crippen molar-refractivity contribution in [3.05, 3.63) is 0 Å². The number of rotatable bonds is 8. The van der Waals surface area contributed by atoms with Gasteiger partial charge in [0.15, 0.2) is 5.60 Å². The summed E-state index contributed by atoms with van der Waals surface area (Å²) >= 11 is 0. The van der Waals surface area contributed by atoms with E-state index in [1.807, 2.05) is 0 Å². The minimum atomic E-state index is -1.21. The van der Waals surface area contributed by atoms with E-state index in [-0.39, 0.29) is 6.61 Å². The maximum Gasteiger partial charge on any atom is 0.338 e. The van der Waals surface area contributed by atoms with Crippen molar-refractivity contribution < 1.29 is 19.4 Å². The number of carboxylic acids is 1. The fourth-order valence-electron chi connectivity index (χ4n) is 1.09. The highest BCUT2D eigenvalue weighted by Crippen LogP contribution is 2.12. The molecule has 14 heavy (non-hydrogen) atoms. The summed E-state index contributed by atoms with van der Waals surface area (Å²) in [5.41, 5.74) is -1.21. The van der Waals surface area contributed by atoms with E-state index in [4.69, 9.17) is 14.6 Å². The molecule has 0 aliphatic rings. The average molecular weight is 204 g/mol. The Bertz CT molecular complexity index is 170. The highest BCUT2D eigenvalue weighted by Gasteiger charge is 2.34. The van der Waals surface area contributed by atoms with Crippen LogP contribution in [0.25, 0.3) is 0 Å². The summed E-state index contributed by atoms with van der Waals surface area (Å²) in [7, 11) is 1.47. The summed E-state index contributed by atoms with van der Waals surface area (Å²) in [4.78, 5) is 10.9. The van der Waals surface area contributed by atoms with E-state index < -0.39 is 11.6 Å². The van der Waals surface area contributed by atoms with Gasteiger partial charge in [0.1, 0.15) is 0 Å². The molecule has 0 saturated carbocycles. The Balaban J connectivity index is 3.90. The summed E-state index contributed by atoms with van der Waals surface area (Å²) in [5, 5.41) is 8.92. The van der Waals surface area contributed by atoms with Crippen LogP contribution < -0.4 is 0 Å². The normalized spacial score (nSPS) is 15.1. The van der Waals surface area contributed by atoms with Gasteiger partial charge in [0.25, 0.3) is 0 Å². The van der Waals surface area contributed by atoms with Crippen molar-refractivity contribution in [3.8, 4) is 0 Å². The largest absolute Gasteiger partial charge is 0.479 e.